The number of ether oxygens (including phenoxy) is 1. The molecule has 0 bridgehead atoms. The number of para-hydroxylation sites is 1. The summed E-state index contributed by atoms with van der Waals surface area (Å²) in [5.41, 5.74) is 5.14. The number of fused-ring (bicyclic) bond motifs is 1. The van der Waals surface area contributed by atoms with Gasteiger partial charge in [-0.05, 0) is 47.4 Å². The highest BCUT2D eigenvalue weighted by Crippen LogP contribution is 2.24. The van der Waals surface area contributed by atoms with Gasteiger partial charge in [0.05, 0.1) is 18.0 Å². The number of nitrogens with zero attached hydrogens (tertiary/aromatic N) is 2. The quantitative estimate of drug-likeness (QED) is 0.510. The third-order valence-electron chi connectivity index (χ3n) is 5.33. The fourth-order valence-corrected chi connectivity index (χ4v) is 3.48. The molecule has 4 aromatic rings. The second-order valence-corrected chi connectivity index (χ2v) is 8.59. The minimum Gasteiger partial charge on any atom is -0.497 e. The SMILES string of the molecule is COc1cccc(-c2nc3ccccc3c(=O)n2NC(=O)c2ccc(C(C)(C)C)cc2)c1. The molecule has 0 aliphatic carbocycles. The summed E-state index contributed by atoms with van der Waals surface area (Å²) in [5.74, 6) is 0.557. The molecule has 0 fully saturated rings. The van der Waals surface area contributed by atoms with Gasteiger partial charge in [0.25, 0.3) is 11.5 Å². The lowest BCUT2D eigenvalue weighted by molar-refractivity contribution is 0.101. The van der Waals surface area contributed by atoms with Gasteiger partial charge in [-0.25, -0.2) is 4.98 Å². The zero-order chi connectivity index (χ0) is 22.9. The van der Waals surface area contributed by atoms with Crippen LogP contribution in [0.3, 0.4) is 0 Å². The van der Waals surface area contributed by atoms with Gasteiger partial charge in [0.2, 0.25) is 0 Å². The van der Waals surface area contributed by atoms with Crippen LogP contribution in [0.1, 0.15) is 36.7 Å². The van der Waals surface area contributed by atoms with Crippen molar-refractivity contribution in [2.24, 2.45) is 0 Å². The molecule has 32 heavy (non-hydrogen) atoms. The number of carbonyl (C=O) groups is 1. The molecule has 1 amide bonds. The van der Waals surface area contributed by atoms with Crippen LogP contribution in [0, 0.1) is 0 Å². The van der Waals surface area contributed by atoms with E-state index in [0.717, 1.165) is 5.56 Å². The van der Waals surface area contributed by atoms with E-state index in [1.807, 2.05) is 36.4 Å². The highest BCUT2D eigenvalue weighted by atomic mass is 16.5. The van der Waals surface area contributed by atoms with E-state index < -0.39 is 5.91 Å². The summed E-state index contributed by atoms with van der Waals surface area (Å²) in [6, 6.07) is 21.7. The minimum absolute atomic E-state index is 0.0201. The standard InChI is InChI=1S/C26H25N3O3/c1-26(2,3)19-14-12-17(13-15-19)24(30)28-29-23(18-8-7-9-20(16-18)32-4)27-22-11-6-5-10-21(22)25(29)31/h5-16H,1-4H3,(H,28,30). The van der Waals surface area contributed by atoms with E-state index in [9.17, 15) is 9.59 Å². The molecule has 0 spiro atoms. The molecule has 0 aliphatic rings. The second-order valence-electron chi connectivity index (χ2n) is 8.59. The summed E-state index contributed by atoms with van der Waals surface area (Å²) in [6.07, 6.45) is 0. The predicted octanol–water partition coefficient (Wildman–Crippen LogP) is 4.75. The van der Waals surface area contributed by atoms with Gasteiger partial charge in [-0.2, -0.15) is 4.68 Å². The van der Waals surface area contributed by atoms with Crippen molar-refractivity contribution in [3.8, 4) is 17.1 Å². The van der Waals surface area contributed by atoms with E-state index in [1.54, 1.807) is 43.5 Å². The molecule has 6 heteroatoms. The molecular formula is C26H25N3O3. The maximum Gasteiger partial charge on any atom is 0.280 e. The largest absolute Gasteiger partial charge is 0.497 e. The average Bonchev–Trinajstić information content (AvgIpc) is 2.80. The summed E-state index contributed by atoms with van der Waals surface area (Å²) in [5, 5.41) is 0.419. The molecule has 0 radical (unpaired) electrons. The first-order chi connectivity index (χ1) is 15.3. The number of aromatic nitrogens is 2. The van der Waals surface area contributed by atoms with Gasteiger partial charge >= 0.3 is 0 Å². The maximum absolute atomic E-state index is 13.3. The minimum atomic E-state index is -0.395. The summed E-state index contributed by atoms with van der Waals surface area (Å²) in [4.78, 5) is 31.0. The number of benzene rings is 3. The fraction of sp³-hybridized carbons (Fsp3) is 0.192. The van der Waals surface area contributed by atoms with E-state index >= 15 is 0 Å². The van der Waals surface area contributed by atoms with E-state index in [1.165, 1.54) is 4.68 Å². The molecule has 0 aliphatic heterocycles. The van der Waals surface area contributed by atoms with Crippen LogP contribution >= 0.6 is 0 Å². The Kier molecular flexibility index (Phi) is 5.53. The van der Waals surface area contributed by atoms with Crippen molar-refractivity contribution in [3.63, 3.8) is 0 Å². The third-order valence-corrected chi connectivity index (χ3v) is 5.33. The van der Waals surface area contributed by atoms with E-state index in [0.29, 0.717) is 33.6 Å². The van der Waals surface area contributed by atoms with Gasteiger partial charge in [-0.1, -0.05) is 57.2 Å². The van der Waals surface area contributed by atoms with Crippen LogP contribution in [0.4, 0.5) is 0 Å². The molecule has 1 N–H and O–H groups in total. The normalized spacial score (nSPS) is 11.4. The van der Waals surface area contributed by atoms with Gasteiger partial charge < -0.3 is 4.74 Å². The smallest absolute Gasteiger partial charge is 0.280 e. The zero-order valence-electron chi connectivity index (χ0n) is 18.5. The highest BCUT2D eigenvalue weighted by molar-refractivity contribution is 6.00. The van der Waals surface area contributed by atoms with Crippen molar-refractivity contribution in [3.05, 3.63) is 94.3 Å². The summed E-state index contributed by atoms with van der Waals surface area (Å²) >= 11 is 0. The van der Waals surface area contributed by atoms with Crippen LogP contribution in [-0.4, -0.2) is 22.7 Å². The van der Waals surface area contributed by atoms with Crippen LogP contribution in [-0.2, 0) is 5.41 Å². The van der Waals surface area contributed by atoms with Gasteiger partial charge in [-0.15, -0.1) is 0 Å². The summed E-state index contributed by atoms with van der Waals surface area (Å²) in [7, 11) is 1.57. The fourth-order valence-electron chi connectivity index (χ4n) is 3.48. The Morgan fingerprint density at radius 2 is 1.69 bits per heavy atom. The molecule has 0 atom stereocenters. The lowest BCUT2D eigenvalue weighted by Gasteiger charge is -2.19. The lowest BCUT2D eigenvalue weighted by atomic mass is 9.87. The molecule has 4 rings (SSSR count). The summed E-state index contributed by atoms with van der Waals surface area (Å²) in [6.45, 7) is 6.34. The Hall–Kier alpha value is -3.93. The Morgan fingerprint density at radius 1 is 0.969 bits per heavy atom. The van der Waals surface area contributed by atoms with Gasteiger partial charge in [0.15, 0.2) is 5.82 Å². The zero-order valence-corrected chi connectivity index (χ0v) is 18.5. The Balaban J connectivity index is 1.81. The second kappa shape index (κ2) is 8.30. The third kappa shape index (κ3) is 4.12. The number of hydrogen-bond donors (Lipinski definition) is 1. The molecule has 6 nitrogen and oxygen atoms in total. The van der Waals surface area contributed by atoms with Crippen molar-refractivity contribution in [1.82, 2.24) is 9.66 Å². The number of methoxy groups -OCH3 is 1. The van der Waals surface area contributed by atoms with Crippen molar-refractivity contribution in [2.45, 2.75) is 26.2 Å². The Bertz CT molecular complexity index is 1350. The monoisotopic (exact) mass is 427 g/mol. The van der Waals surface area contributed by atoms with Crippen LogP contribution in [0.15, 0.2) is 77.6 Å². The molecule has 0 saturated carbocycles. The number of amides is 1. The highest BCUT2D eigenvalue weighted by Gasteiger charge is 2.18. The molecule has 3 aromatic carbocycles. The average molecular weight is 428 g/mol. The number of nitrogens with one attached hydrogen (secondary N) is 1. The molecule has 0 saturated heterocycles. The van der Waals surface area contributed by atoms with Crippen molar-refractivity contribution in [1.29, 1.82) is 0 Å². The van der Waals surface area contributed by atoms with Crippen LogP contribution < -0.4 is 15.7 Å². The number of hydrogen-bond acceptors (Lipinski definition) is 4. The van der Waals surface area contributed by atoms with Crippen molar-refractivity contribution < 1.29 is 9.53 Å². The van der Waals surface area contributed by atoms with Crippen LogP contribution in [0.25, 0.3) is 22.3 Å². The molecule has 162 valence electrons. The molecule has 0 unspecified atom stereocenters. The predicted molar refractivity (Wildman–Crippen MR) is 127 cm³/mol. The number of carbonyl (C=O) groups excluding carboxylic acids is 1. The van der Waals surface area contributed by atoms with E-state index in [2.05, 4.69) is 31.2 Å². The van der Waals surface area contributed by atoms with Gasteiger partial charge in [0, 0.05) is 11.1 Å². The van der Waals surface area contributed by atoms with E-state index in [4.69, 9.17) is 4.74 Å². The van der Waals surface area contributed by atoms with Gasteiger partial charge in [0.1, 0.15) is 5.75 Å². The first-order valence-electron chi connectivity index (χ1n) is 10.4. The summed E-state index contributed by atoms with van der Waals surface area (Å²) < 4.78 is 6.53. The Labute approximate surface area is 186 Å². The van der Waals surface area contributed by atoms with Gasteiger partial charge in [-0.3, -0.25) is 15.0 Å². The van der Waals surface area contributed by atoms with Crippen molar-refractivity contribution >= 4 is 16.8 Å². The molecule has 1 aromatic heterocycles. The topological polar surface area (TPSA) is 73.2 Å². The Morgan fingerprint density at radius 3 is 2.38 bits per heavy atom. The first kappa shape index (κ1) is 21.3. The maximum atomic E-state index is 13.3. The molecular weight excluding hydrogens is 402 g/mol. The molecule has 1 heterocycles. The lowest BCUT2D eigenvalue weighted by Crippen LogP contribution is -2.35. The van der Waals surface area contributed by atoms with Crippen LogP contribution in [0.2, 0.25) is 0 Å². The number of rotatable bonds is 4. The first-order valence-corrected chi connectivity index (χ1v) is 10.4. The van der Waals surface area contributed by atoms with E-state index in [-0.39, 0.29) is 11.0 Å². The van der Waals surface area contributed by atoms with Crippen molar-refractivity contribution in [2.75, 3.05) is 12.5 Å². The van der Waals surface area contributed by atoms with Crippen LogP contribution in [0.5, 0.6) is 5.75 Å².